The molecule has 1 unspecified atom stereocenters. The van der Waals surface area contributed by atoms with E-state index in [4.69, 9.17) is 22.1 Å². The van der Waals surface area contributed by atoms with Gasteiger partial charge in [-0.15, -0.1) is 0 Å². The number of hydrogen-bond acceptors (Lipinski definition) is 3. The minimum Gasteiger partial charge on any atom is -0.492 e. The Kier molecular flexibility index (Phi) is 6.72. The maximum Gasteiger partial charge on any atom is 0.234 e. The van der Waals surface area contributed by atoms with Gasteiger partial charge in [0, 0.05) is 6.54 Å². The highest BCUT2D eigenvalue weighted by Crippen LogP contribution is 2.28. The van der Waals surface area contributed by atoms with E-state index in [1.54, 1.807) is 0 Å². The molecule has 0 saturated carbocycles. The Bertz CT molecular complexity index is 532. The zero-order valence-electron chi connectivity index (χ0n) is 14.1. The van der Waals surface area contributed by atoms with Crippen LogP contribution in [0.5, 0.6) is 5.75 Å². The molecule has 1 saturated heterocycles. The molecule has 23 heavy (non-hydrogen) atoms. The Morgan fingerprint density at radius 1 is 1.43 bits per heavy atom. The topological polar surface area (TPSA) is 55.6 Å². The Hall–Kier alpha value is -1.26. The van der Waals surface area contributed by atoms with Crippen LogP contribution in [0.25, 0.3) is 0 Å². The summed E-state index contributed by atoms with van der Waals surface area (Å²) in [5.74, 6) is 1.06. The molecule has 1 aromatic carbocycles. The predicted molar refractivity (Wildman–Crippen MR) is 93.6 cm³/mol. The fraction of sp³-hybridized carbons (Fsp3) is 0.611. The van der Waals surface area contributed by atoms with Gasteiger partial charge in [-0.05, 0) is 43.0 Å². The van der Waals surface area contributed by atoms with E-state index in [2.05, 4.69) is 18.7 Å². The van der Waals surface area contributed by atoms with E-state index in [1.807, 2.05) is 18.2 Å². The van der Waals surface area contributed by atoms with Crippen molar-refractivity contribution in [3.63, 3.8) is 0 Å². The first kappa shape index (κ1) is 18.1. The van der Waals surface area contributed by atoms with Crippen molar-refractivity contribution in [3.05, 3.63) is 28.8 Å². The van der Waals surface area contributed by atoms with Gasteiger partial charge in [-0.1, -0.05) is 44.4 Å². The molecule has 4 nitrogen and oxygen atoms in total. The number of likely N-dealkylation sites (tertiary alicyclic amines) is 1. The van der Waals surface area contributed by atoms with Crippen molar-refractivity contribution in [1.29, 1.82) is 0 Å². The molecule has 5 heteroatoms. The van der Waals surface area contributed by atoms with Crippen molar-refractivity contribution >= 4 is 17.5 Å². The third-order valence-electron chi connectivity index (χ3n) is 4.70. The minimum absolute atomic E-state index is 0.153. The average molecular weight is 339 g/mol. The molecule has 1 aromatic rings. The second-order valence-corrected chi connectivity index (χ2v) is 6.70. The molecule has 0 bridgehead atoms. The molecule has 1 heterocycles. The molecule has 0 radical (unpaired) electrons. The lowest BCUT2D eigenvalue weighted by atomic mass is 10.1. The number of rotatable bonds is 8. The summed E-state index contributed by atoms with van der Waals surface area (Å²) in [7, 11) is 0. The number of carbonyl (C=O) groups excluding carboxylic acids is 1. The second kappa shape index (κ2) is 8.55. The van der Waals surface area contributed by atoms with Crippen LogP contribution in [0.1, 0.15) is 45.1 Å². The van der Waals surface area contributed by atoms with Gasteiger partial charge in [0.15, 0.2) is 0 Å². The van der Waals surface area contributed by atoms with Gasteiger partial charge in [0.2, 0.25) is 5.91 Å². The van der Waals surface area contributed by atoms with Crippen molar-refractivity contribution in [2.45, 2.75) is 52.1 Å². The number of halogens is 1. The van der Waals surface area contributed by atoms with E-state index >= 15 is 0 Å². The van der Waals surface area contributed by atoms with E-state index in [0.29, 0.717) is 24.1 Å². The molecule has 2 rings (SSSR count). The van der Waals surface area contributed by atoms with Gasteiger partial charge in [-0.3, -0.25) is 9.69 Å². The number of primary amides is 1. The Morgan fingerprint density at radius 2 is 2.17 bits per heavy atom. The molecule has 1 fully saturated rings. The largest absolute Gasteiger partial charge is 0.492 e. The number of nitrogens with two attached hydrogens (primary N) is 1. The lowest BCUT2D eigenvalue weighted by Gasteiger charge is -2.22. The maximum atomic E-state index is 11.5. The SMILES string of the molecule is CCC(CC)COc1ccc(CN2CCCC2C(N)=O)cc1Cl. The molecule has 1 aliphatic heterocycles. The summed E-state index contributed by atoms with van der Waals surface area (Å²) in [5, 5.41) is 0.628. The highest BCUT2D eigenvalue weighted by molar-refractivity contribution is 6.32. The molecule has 1 aliphatic rings. The maximum absolute atomic E-state index is 11.5. The third-order valence-corrected chi connectivity index (χ3v) is 5.00. The number of carbonyl (C=O) groups is 1. The summed E-state index contributed by atoms with van der Waals surface area (Å²) in [6, 6.07) is 5.72. The van der Waals surface area contributed by atoms with Crippen LogP contribution in [-0.4, -0.2) is 30.0 Å². The summed E-state index contributed by atoms with van der Waals surface area (Å²) < 4.78 is 5.85. The van der Waals surface area contributed by atoms with Crippen molar-refractivity contribution in [3.8, 4) is 5.75 Å². The number of hydrogen-bond donors (Lipinski definition) is 1. The Balaban J connectivity index is 1.97. The van der Waals surface area contributed by atoms with Gasteiger partial charge in [0.25, 0.3) is 0 Å². The first-order chi connectivity index (χ1) is 11.0. The highest BCUT2D eigenvalue weighted by atomic mass is 35.5. The Morgan fingerprint density at radius 3 is 2.78 bits per heavy atom. The normalized spacial score (nSPS) is 18.5. The summed E-state index contributed by atoms with van der Waals surface area (Å²) in [6.45, 7) is 6.64. The van der Waals surface area contributed by atoms with Crippen molar-refractivity contribution in [2.24, 2.45) is 11.7 Å². The number of benzene rings is 1. The van der Waals surface area contributed by atoms with Gasteiger partial charge in [0.1, 0.15) is 5.75 Å². The second-order valence-electron chi connectivity index (χ2n) is 6.29. The van der Waals surface area contributed by atoms with Gasteiger partial charge >= 0.3 is 0 Å². The monoisotopic (exact) mass is 338 g/mol. The molecular formula is C18H27ClN2O2. The molecule has 0 aliphatic carbocycles. The zero-order valence-corrected chi connectivity index (χ0v) is 14.8. The van der Waals surface area contributed by atoms with E-state index in [9.17, 15) is 4.79 Å². The van der Waals surface area contributed by atoms with Crippen LogP contribution in [0.4, 0.5) is 0 Å². The molecule has 128 valence electrons. The summed E-state index contributed by atoms with van der Waals surface area (Å²) in [6.07, 6.45) is 4.07. The summed E-state index contributed by atoms with van der Waals surface area (Å²) in [4.78, 5) is 13.6. The van der Waals surface area contributed by atoms with Crippen LogP contribution in [-0.2, 0) is 11.3 Å². The molecule has 1 amide bonds. The number of ether oxygens (including phenoxy) is 1. The van der Waals surface area contributed by atoms with E-state index < -0.39 is 0 Å². The van der Waals surface area contributed by atoms with Crippen LogP contribution in [0.2, 0.25) is 5.02 Å². The van der Waals surface area contributed by atoms with Crippen LogP contribution in [0.3, 0.4) is 0 Å². The summed E-state index contributed by atoms with van der Waals surface area (Å²) >= 11 is 6.35. The summed E-state index contributed by atoms with van der Waals surface area (Å²) in [5.41, 5.74) is 6.54. The minimum atomic E-state index is -0.237. The van der Waals surface area contributed by atoms with E-state index in [0.717, 1.165) is 43.5 Å². The first-order valence-corrected chi connectivity index (χ1v) is 8.87. The quantitative estimate of drug-likeness (QED) is 0.787. The highest BCUT2D eigenvalue weighted by Gasteiger charge is 2.28. The molecule has 0 spiro atoms. The molecule has 1 atom stereocenters. The fourth-order valence-corrected chi connectivity index (χ4v) is 3.32. The fourth-order valence-electron chi connectivity index (χ4n) is 3.06. The van der Waals surface area contributed by atoms with Crippen molar-refractivity contribution < 1.29 is 9.53 Å². The zero-order chi connectivity index (χ0) is 16.8. The van der Waals surface area contributed by atoms with Crippen LogP contribution < -0.4 is 10.5 Å². The van der Waals surface area contributed by atoms with Gasteiger partial charge in [-0.25, -0.2) is 0 Å². The van der Waals surface area contributed by atoms with Crippen LogP contribution >= 0.6 is 11.6 Å². The van der Waals surface area contributed by atoms with Gasteiger partial charge in [-0.2, -0.15) is 0 Å². The van der Waals surface area contributed by atoms with Crippen LogP contribution in [0.15, 0.2) is 18.2 Å². The molecule has 0 aromatic heterocycles. The lowest BCUT2D eigenvalue weighted by Crippen LogP contribution is -2.39. The predicted octanol–water partition coefficient (Wildman–Crippen LogP) is 3.60. The smallest absolute Gasteiger partial charge is 0.234 e. The van der Waals surface area contributed by atoms with Crippen molar-refractivity contribution in [1.82, 2.24) is 4.90 Å². The first-order valence-electron chi connectivity index (χ1n) is 8.49. The lowest BCUT2D eigenvalue weighted by molar-refractivity contribution is -0.122. The molecule has 2 N–H and O–H groups in total. The standard InChI is InChI=1S/C18H27ClN2O2/c1-3-13(4-2)12-23-17-8-7-14(10-15(17)19)11-21-9-5-6-16(21)18(20)22/h7-8,10,13,16H,3-6,9,11-12H2,1-2H3,(H2,20,22). The Labute approximate surface area is 143 Å². The van der Waals surface area contributed by atoms with Crippen LogP contribution in [0, 0.1) is 5.92 Å². The average Bonchev–Trinajstić information content (AvgIpc) is 2.98. The van der Waals surface area contributed by atoms with E-state index in [1.165, 1.54) is 0 Å². The van der Waals surface area contributed by atoms with E-state index in [-0.39, 0.29) is 11.9 Å². The van der Waals surface area contributed by atoms with Gasteiger partial charge in [0.05, 0.1) is 17.7 Å². The number of nitrogens with zero attached hydrogens (tertiary/aromatic N) is 1. The van der Waals surface area contributed by atoms with Gasteiger partial charge < -0.3 is 10.5 Å². The molecular weight excluding hydrogens is 312 g/mol. The van der Waals surface area contributed by atoms with Crippen molar-refractivity contribution in [2.75, 3.05) is 13.2 Å². The third kappa shape index (κ3) is 4.85. The number of amides is 1.